The van der Waals surface area contributed by atoms with Crippen LogP contribution in [0.15, 0.2) is 18.2 Å². The number of ether oxygens (including phenoxy) is 2. The van der Waals surface area contributed by atoms with E-state index in [-0.39, 0.29) is 18.2 Å². The Labute approximate surface area is 127 Å². The quantitative estimate of drug-likeness (QED) is 0.846. The van der Waals surface area contributed by atoms with Crippen LogP contribution in [0.25, 0.3) is 0 Å². The molecule has 3 atom stereocenters. The predicted molar refractivity (Wildman–Crippen MR) is 84.0 cm³/mol. The highest BCUT2D eigenvalue weighted by atomic mass is 16.5. The summed E-state index contributed by atoms with van der Waals surface area (Å²) in [5.74, 6) is 1.49. The predicted octanol–water partition coefficient (Wildman–Crippen LogP) is 3.05. The molecular weight excluding hydrogens is 266 g/mol. The Morgan fingerprint density at radius 1 is 1.19 bits per heavy atom. The van der Waals surface area contributed by atoms with E-state index in [4.69, 9.17) is 9.47 Å². The molecule has 0 bridgehead atoms. The van der Waals surface area contributed by atoms with Crippen molar-refractivity contribution in [2.24, 2.45) is 0 Å². The Bertz CT molecular complexity index is 450. The van der Waals surface area contributed by atoms with Gasteiger partial charge in [-0.05, 0) is 37.0 Å². The first-order valence-electron chi connectivity index (χ1n) is 7.85. The number of hydrogen-bond donors (Lipinski definition) is 2. The maximum Gasteiger partial charge on any atom is 0.161 e. The molecule has 1 aromatic carbocycles. The Morgan fingerprint density at radius 3 is 2.52 bits per heavy atom. The molecule has 1 aliphatic rings. The molecule has 2 N–H and O–H groups in total. The molecule has 0 radical (unpaired) electrons. The number of methoxy groups -OCH3 is 2. The minimum absolute atomic E-state index is 0.191. The molecular formula is C17H27NO3. The molecule has 1 fully saturated rings. The lowest BCUT2D eigenvalue weighted by atomic mass is 9.91. The van der Waals surface area contributed by atoms with Crippen LogP contribution in [0.1, 0.15) is 50.6 Å². The lowest BCUT2D eigenvalue weighted by Gasteiger charge is -2.32. The van der Waals surface area contributed by atoms with Crippen molar-refractivity contribution in [1.82, 2.24) is 5.32 Å². The van der Waals surface area contributed by atoms with Crippen molar-refractivity contribution in [2.75, 3.05) is 14.2 Å². The lowest BCUT2D eigenvalue weighted by molar-refractivity contribution is 0.0844. The molecule has 0 spiro atoms. The minimum atomic E-state index is -0.229. The van der Waals surface area contributed by atoms with Crippen molar-refractivity contribution >= 4 is 0 Å². The van der Waals surface area contributed by atoms with E-state index in [9.17, 15) is 5.11 Å². The first-order valence-corrected chi connectivity index (χ1v) is 7.85. The van der Waals surface area contributed by atoms with E-state index >= 15 is 0 Å². The fourth-order valence-corrected chi connectivity index (χ4v) is 3.08. The summed E-state index contributed by atoms with van der Waals surface area (Å²) in [6.45, 7) is 2.16. The van der Waals surface area contributed by atoms with Gasteiger partial charge in [-0.2, -0.15) is 0 Å². The van der Waals surface area contributed by atoms with E-state index in [1.165, 1.54) is 12.0 Å². The molecule has 21 heavy (non-hydrogen) atoms. The van der Waals surface area contributed by atoms with Crippen molar-refractivity contribution in [3.8, 4) is 11.5 Å². The summed E-state index contributed by atoms with van der Waals surface area (Å²) in [7, 11) is 3.30. The first kappa shape index (κ1) is 16.1. The highest BCUT2D eigenvalue weighted by molar-refractivity contribution is 5.43. The second-order valence-corrected chi connectivity index (χ2v) is 5.70. The van der Waals surface area contributed by atoms with Crippen LogP contribution in [-0.4, -0.2) is 31.5 Å². The maximum atomic E-state index is 10.1. The van der Waals surface area contributed by atoms with Gasteiger partial charge in [-0.25, -0.2) is 0 Å². The molecule has 1 aromatic rings. The fraction of sp³-hybridized carbons (Fsp3) is 0.647. The van der Waals surface area contributed by atoms with E-state index in [1.54, 1.807) is 14.2 Å². The van der Waals surface area contributed by atoms with E-state index in [0.29, 0.717) is 0 Å². The lowest BCUT2D eigenvalue weighted by Crippen LogP contribution is -2.43. The third kappa shape index (κ3) is 3.89. The molecule has 4 heteroatoms. The highest BCUT2D eigenvalue weighted by Crippen LogP contribution is 2.31. The summed E-state index contributed by atoms with van der Waals surface area (Å²) in [5.41, 5.74) is 1.17. The van der Waals surface area contributed by atoms with Crippen molar-refractivity contribution in [3.05, 3.63) is 23.8 Å². The normalized spacial score (nSPS) is 23.6. The van der Waals surface area contributed by atoms with Crippen LogP contribution in [0.5, 0.6) is 11.5 Å². The van der Waals surface area contributed by atoms with E-state index < -0.39 is 0 Å². The molecule has 3 unspecified atom stereocenters. The fourth-order valence-electron chi connectivity index (χ4n) is 3.08. The van der Waals surface area contributed by atoms with Gasteiger partial charge in [-0.3, -0.25) is 0 Å². The van der Waals surface area contributed by atoms with Gasteiger partial charge in [-0.1, -0.05) is 25.8 Å². The van der Waals surface area contributed by atoms with Crippen LogP contribution in [0, 0.1) is 0 Å². The second-order valence-electron chi connectivity index (χ2n) is 5.70. The van der Waals surface area contributed by atoms with Crippen molar-refractivity contribution in [1.29, 1.82) is 0 Å². The molecule has 4 nitrogen and oxygen atoms in total. The Kier molecular flexibility index (Phi) is 5.88. The first-order chi connectivity index (χ1) is 10.2. The summed E-state index contributed by atoms with van der Waals surface area (Å²) in [4.78, 5) is 0. The van der Waals surface area contributed by atoms with Crippen LogP contribution in [0.4, 0.5) is 0 Å². The molecule has 1 saturated carbocycles. The zero-order chi connectivity index (χ0) is 15.2. The molecule has 1 aliphatic carbocycles. The average Bonchev–Trinajstić information content (AvgIpc) is 2.53. The van der Waals surface area contributed by atoms with E-state index in [0.717, 1.165) is 37.2 Å². The molecule has 0 aliphatic heterocycles. The van der Waals surface area contributed by atoms with Gasteiger partial charge >= 0.3 is 0 Å². The number of benzene rings is 1. The highest BCUT2D eigenvalue weighted by Gasteiger charge is 2.25. The zero-order valence-electron chi connectivity index (χ0n) is 13.3. The number of aliphatic hydroxyl groups is 1. The van der Waals surface area contributed by atoms with E-state index in [1.807, 2.05) is 12.1 Å². The van der Waals surface area contributed by atoms with Crippen LogP contribution < -0.4 is 14.8 Å². The van der Waals surface area contributed by atoms with Gasteiger partial charge in [0, 0.05) is 12.1 Å². The van der Waals surface area contributed by atoms with Crippen molar-refractivity contribution in [2.45, 2.75) is 57.2 Å². The van der Waals surface area contributed by atoms with Gasteiger partial charge in [0.25, 0.3) is 0 Å². The third-order valence-electron chi connectivity index (χ3n) is 4.36. The monoisotopic (exact) mass is 293 g/mol. The SMILES string of the molecule is CCC(NC1CCCCC1O)c1ccc(OC)c(OC)c1. The van der Waals surface area contributed by atoms with Gasteiger partial charge in [0.05, 0.1) is 20.3 Å². The second kappa shape index (κ2) is 7.66. The Morgan fingerprint density at radius 2 is 1.90 bits per heavy atom. The van der Waals surface area contributed by atoms with Crippen LogP contribution in [0.2, 0.25) is 0 Å². The summed E-state index contributed by atoms with van der Waals surface area (Å²) in [6, 6.07) is 6.45. The van der Waals surface area contributed by atoms with Crippen molar-refractivity contribution < 1.29 is 14.6 Å². The van der Waals surface area contributed by atoms with Gasteiger partial charge in [0.2, 0.25) is 0 Å². The molecule has 0 amide bonds. The summed E-state index contributed by atoms with van der Waals surface area (Å²) in [6.07, 6.45) is 5.01. The topological polar surface area (TPSA) is 50.7 Å². The van der Waals surface area contributed by atoms with Crippen molar-refractivity contribution in [3.63, 3.8) is 0 Å². The van der Waals surface area contributed by atoms with Gasteiger partial charge in [0.15, 0.2) is 11.5 Å². The summed E-state index contributed by atoms with van der Waals surface area (Å²) in [5, 5.41) is 13.8. The number of aliphatic hydroxyl groups excluding tert-OH is 1. The Hall–Kier alpha value is -1.26. The minimum Gasteiger partial charge on any atom is -0.493 e. The van der Waals surface area contributed by atoms with Crippen LogP contribution in [-0.2, 0) is 0 Å². The zero-order valence-corrected chi connectivity index (χ0v) is 13.3. The van der Waals surface area contributed by atoms with Gasteiger partial charge < -0.3 is 19.9 Å². The smallest absolute Gasteiger partial charge is 0.161 e. The third-order valence-corrected chi connectivity index (χ3v) is 4.36. The number of rotatable bonds is 6. The van der Waals surface area contributed by atoms with Gasteiger partial charge in [0.1, 0.15) is 0 Å². The molecule has 0 aromatic heterocycles. The Balaban J connectivity index is 2.13. The summed E-state index contributed by atoms with van der Waals surface area (Å²) >= 11 is 0. The summed E-state index contributed by atoms with van der Waals surface area (Å²) < 4.78 is 10.7. The number of hydrogen-bond acceptors (Lipinski definition) is 4. The molecule has 2 rings (SSSR count). The van der Waals surface area contributed by atoms with Gasteiger partial charge in [-0.15, -0.1) is 0 Å². The molecule has 118 valence electrons. The maximum absolute atomic E-state index is 10.1. The van der Waals surface area contributed by atoms with Crippen LogP contribution >= 0.6 is 0 Å². The standard InChI is InChI=1S/C17H27NO3/c1-4-13(18-14-7-5-6-8-15(14)19)12-9-10-16(20-2)17(11-12)21-3/h9-11,13-15,18-19H,4-8H2,1-3H3. The molecule has 0 saturated heterocycles. The molecule has 0 heterocycles. The number of nitrogens with one attached hydrogen (secondary N) is 1. The van der Waals surface area contributed by atoms with E-state index in [2.05, 4.69) is 18.3 Å². The van der Waals surface area contributed by atoms with Crippen LogP contribution in [0.3, 0.4) is 0 Å². The average molecular weight is 293 g/mol. The largest absolute Gasteiger partial charge is 0.493 e.